The highest BCUT2D eigenvalue weighted by atomic mass is 32.2. The minimum Gasteiger partial charge on any atom is -0.149 e. The van der Waals surface area contributed by atoms with Gasteiger partial charge in [0.1, 0.15) is 10.7 Å². The van der Waals surface area contributed by atoms with E-state index in [4.69, 9.17) is 0 Å². The van der Waals surface area contributed by atoms with Gasteiger partial charge in [-0.05, 0) is 23.6 Å². The molecule has 0 aliphatic carbocycles. The third kappa shape index (κ3) is 2.79. The maximum Gasteiger partial charge on any atom is 0.119 e. The first-order valence-electron chi connectivity index (χ1n) is 4.80. The molecule has 0 fully saturated rings. The summed E-state index contributed by atoms with van der Waals surface area (Å²) in [5, 5.41) is 12.0. The first kappa shape index (κ1) is 10.6. The van der Waals surface area contributed by atoms with Gasteiger partial charge in [-0.1, -0.05) is 19.9 Å². The van der Waals surface area contributed by atoms with Crippen molar-refractivity contribution in [2.24, 2.45) is 0 Å². The number of thiophene rings is 1. The minimum absolute atomic E-state index is 0.548. The van der Waals surface area contributed by atoms with Crippen molar-refractivity contribution in [1.82, 2.24) is 10.2 Å². The quantitative estimate of drug-likeness (QED) is 0.760. The average molecular weight is 236 g/mol. The van der Waals surface area contributed by atoms with Crippen LogP contribution in [0.4, 0.5) is 0 Å². The van der Waals surface area contributed by atoms with Gasteiger partial charge < -0.3 is 0 Å². The number of thioether (sulfide) groups is 1. The van der Waals surface area contributed by atoms with Crippen molar-refractivity contribution >= 4 is 23.1 Å². The Morgan fingerprint density at radius 3 is 2.60 bits per heavy atom. The molecule has 2 heterocycles. The number of nitrogens with zero attached hydrogens (tertiary/aromatic N) is 2. The Balaban J connectivity index is 2.17. The molecule has 2 aromatic heterocycles. The van der Waals surface area contributed by atoms with Gasteiger partial charge in [-0.3, -0.25) is 0 Å². The molecule has 78 valence electrons. The van der Waals surface area contributed by atoms with Gasteiger partial charge in [-0.2, -0.15) is 0 Å². The molecule has 4 heteroatoms. The first-order valence-corrected chi connectivity index (χ1v) is 6.56. The van der Waals surface area contributed by atoms with Crippen LogP contribution in [-0.4, -0.2) is 15.4 Å². The zero-order valence-electron chi connectivity index (χ0n) is 8.68. The van der Waals surface area contributed by atoms with Crippen LogP contribution >= 0.6 is 23.1 Å². The molecule has 0 bridgehead atoms. The zero-order valence-corrected chi connectivity index (χ0v) is 10.3. The summed E-state index contributed by atoms with van der Waals surface area (Å²) in [5.74, 6) is 0. The summed E-state index contributed by atoms with van der Waals surface area (Å²) in [4.78, 5) is 1.17. The Bertz CT molecular complexity index is 407. The van der Waals surface area contributed by atoms with Gasteiger partial charge in [0.05, 0.1) is 4.88 Å². The van der Waals surface area contributed by atoms with Crippen LogP contribution in [0.15, 0.2) is 34.7 Å². The van der Waals surface area contributed by atoms with Crippen LogP contribution in [-0.2, 0) is 0 Å². The lowest BCUT2D eigenvalue weighted by atomic mass is 10.3. The molecule has 2 nitrogen and oxygen atoms in total. The van der Waals surface area contributed by atoms with Crippen molar-refractivity contribution < 1.29 is 0 Å². The molecule has 15 heavy (non-hydrogen) atoms. The van der Waals surface area contributed by atoms with E-state index in [0.717, 1.165) is 10.7 Å². The molecule has 0 saturated carbocycles. The minimum atomic E-state index is 0.548. The van der Waals surface area contributed by atoms with Gasteiger partial charge in [0.2, 0.25) is 0 Å². The Kier molecular flexibility index (Phi) is 3.38. The maximum absolute atomic E-state index is 4.21. The molecule has 0 unspecified atom stereocenters. The molecule has 2 rings (SSSR count). The fraction of sp³-hybridized carbons (Fsp3) is 0.273. The fourth-order valence-corrected chi connectivity index (χ4v) is 2.59. The second kappa shape index (κ2) is 4.77. The molecule has 0 aromatic carbocycles. The van der Waals surface area contributed by atoms with Crippen molar-refractivity contribution in [2.45, 2.75) is 24.1 Å². The first-order chi connectivity index (χ1) is 7.25. The van der Waals surface area contributed by atoms with Gasteiger partial charge in [-0.15, -0.1) is 33.3 Å². The molecule has 0 saturated heterocycles. The van der Waals surface area contributed by atoms with Crippen LogP contribution < -0.4 is 0 Å². The van der Waals surface area contributed by atoms with E-state index in [0.29, 0.717) is 5.25 Å². The standard InChI is InChI=1S/C11H12N2S2/c1-8(2)15-11-6-5-9(12-13-11)10-4-3-7-14-10/h3-8H,1-2H3. The van der Waals surface area contributed by atoms with Crippen molar-refractivity contribution in [1.29, 1.82) is 0 Å². The summed E-state index contributed by atoms with van der Waals surface area (Å²) < 4.78 is 0. The van der Waals surface area contributed by atoms with E-state index in [1.807, 2.05) is 23.6 Å². The summed E-state index contributed by atoms with van der Waals surface area (Å²) in [5.41, 5.74) is 0.957. The van der Waals surface area contributed by atoms with Gasteiger partial charge in [0.15, 0.2) is 0 Å². The maximum atomic E-state index is 4.21. The molecule has 2 aromatic rings. The monoisotopic (exact) mass is 236 g/mol. The second-order valence-electron chi connectivity index (χ2n) is 3.40. The van der Waals surface area contributed by atoms with E-state index in [1.54, 1.807) is 23.1 Å². The number of hydrogen-bond donors (Lipinski definition) is 0. The number of rotatable bonds is 3. The van der Waals surface area contributed by atoms with Gasteiger partial charge in [-0.25, -0.2) is 0 Å². The Hall–Kier alpha value is -0.870. The van der Waals surface area contributed by atoms with Crippen LogP contribution in [0, 0.1) is 0 Å². The predicted molar refractivity (Wildman–Crippen MR) is 66.3 cm³/mol. The fourth-order valence-electron chi connectivity index (χ4n) is 1.18. The summed E-state index contributed by atoms with van der Waals surface area (Å²) in [6.07, 6.45) is 0. The lowest BCUT2D eigenvalue weighted by Gasteiger charge is -2.02. The third-order valence-corrected chi connectivity index (χ3v) is 3.59. The largest absolute Gasteiger partial charge is 0.149 e. The zero-order chi connectivity index (χ0) is 10.7. The molecule has 0 atom stereocenters. The number of hydrogen-bond acceptors (Lipinski definition) is 4. The van der Waals surface area contributed by atoms with E-state index in [1.165, 1.54) is 4.88 Å². The van der Waals surface area contributed by atoms with E-state index in [-0.39, 0.29) is 0 Å². The molecule has 0 spiro atoms. The van der Waals surface area contributed by atoms with Crippen molar-refractivity contribution in [3.63, 3.8) is 0 Å². The topological polar surface area (TPSA) is 25.8 Å². The van der Waals surface area contributed by atoms with Gasteiger partial charge in [0.25, 0.3) is 0 Å². The van der Waals surface area contributed by atoms with Crippen molar-refractivity contribution in [2.75, 3.05) is 0 Å². The normalized spacial score (nSPS) is 10.9. The smallest absolute Gasteiger partial charge is 0.119 e. The summed E-state index contributed by atoms with van der Waals surface area (Å²) in [6.45, 7) is 4.30. The van der Waals surface area contributed by atoms with E-state index in [9.17, 15) is 0 Å². The van der Waals surface area contributed by atoms with Gasteiger partial charge >= 0.3 is 0 Å². The molecule has 0 amide bonds. The Morgan fingerprint density at radius 1 is 1.20 bits per heavy atom. The van der Waals surface area contributed by atoms with Crippen molar-refractivity contribution in [3.05, 3.63) is 29.6 Å². The van der Waals surface area contributed by atoms with Crippen molar-refractivity contribution in [3.8, 4) is 10.6 Å². The lowest BCUT2D eigenvalue weighted by molar-refractivity contribution is 0.931. The Morgan fingerprint density at radius 2 is 2.07 bits per heavy atom. The van der Waals surface area contributed by atoms with Gasteiger partial charge in [0, 0.05) is 5.25 Å². The van der Waals surface area contributed by atoms with Crippen LogP contribution in [0.25, 0.3) is 10.6 Å². The molecular weight excluding hydrogens is 224 g/mol. The van der Waals surface area contributed by atoms with E-state index >= 15 is 0 Å². The molecule has 0 N–H and O–H groups in total. The van der Waals surface area contributed by atoms with E-state index in [2.05, 4.69) is 30.1 Å². The van der Waals surface area contributed by atoms with Crippen LogP contribution in [0.5, 0.6) is 0 Å². The van der Waals surface area contributed by atoms with E-state index < -0.39 is 0 Å². The average Bonchev–Trinajstić information content (AvgIpc) is 2.71. The SMILES string of the molecule is CC(C)Sc1ccc(-c2cccs2)nn1. The van der Waals surface area contributed by atoms with Crippen LogP contribution in [0.1, 0.15) is 13.8 Å². The second-order valence-corrected chi connectivity index (χ2v) is 5.95. The summed E-state index contributed by atoms with van der Waals surface area (Å²) in [6, 6.07) is 8.15. The molecule has 0 aliphatic rings. The molecular formula is C11H12N2S2. The highest BCUT2D eigenvalue weighted by Gasteiger charge is 2.03. The highest BCUT2D eigenvalue weighted by molar-refractivity contribution is 7.99. The molecule has 0 radical (unpaired) electrons. The Labute approximate surface area is 97.8 Å². The summed E-state index contributed by atoms with van der Waals surface area (Å²) in [7, 11) is 0. The van der Waals surface area contributed by atoms with Crippen LogP contribution in [0.3, 0.4) is 0 Å². The predicted octanol–water partition coefficient (Wildman–Crippen LogP) is 3.71. The highest BCUT2D eigenvalue weighted by Crippen LogP contribution is 2.24. The third-order valence-electron chi connectivity index (χ3n) is 1.77. The van der Waals surface area contributed by atoms with Crippen LogP contribution in [0.2, 0.25) is 0 Å². The summed E-state index contributed by atoms with van der Waals surface area (Å²) >= 11 is 3.42. The lowest BCUT2D eigenvalue weighted by Crippen LogP contribution is -1.91. The number of aromatic nitrogens is 2. The molecule has 0 aliphatic heterocycles.